The molecule has 6 heteroatoms. The number of hydrogen-bond donors (Lipinski definition) is 3. The predicted molar refractivity (Wildman–Crippen MR) is 78.0 cm³/mol. The van der Waals surface area contributed by atoms with Crippen LogP contribution < -0.4 is 16.0 Å². The van der Waals surface area contributed by atoms with Crippen molar-refractivity contribution in [1.29, 1.82) is 0 Å². The van der Waals surface area contributed by atoms with E-state index in [2.05, 4.69) is 16.0 Å². The maximum absolute atomic E-state index is 12.1. The summed E-state index contributed by atoms with van der Waals surface area (Å²) in [5.41, 5.74) is -1.04. The summed E-state index contributed by atoms with van der Waals surface area (Å²) in [4.78, 5) is 34.6. The Morgan fingerprint density at radius 1 is 1.25 bits per heavy atom. The molecule has 0 aromatic heterocycles. The maximum atomic E-state index is 12.1. The highest BCUT2D eigenvalue weighted by Gasteiger charge is 2.31. The van der Waals surface area contributed by atoms with Gasteiger partial charge in [0.2, 0.25) is 18.2 Å². The first-order valence-electron chi connectivity index (χ1n) is 7.04. The molecule has 0 spiro atoms. The van der Waals surface area contributed by atoms with Crippen molar-refractivity contribution in [1.82, 2.24) is 16.0 Å². The van der Waals surface area contributed by atoms with Gasteiger partial charge in [-0.15, -0.1) is 0 Å². The molecule has 3 amide bonds. The highest BCUT2D eigenvalue weighted by molar-refractivity contribution is 5.92. The maximum Gasteiger partial charge on any atom is 0.245 e. The van der Waals surface area contributed by atoms with E-state index in [4.69, 9.17) is 0 Å². The molecule has 20 heavy (non-hydrogen) atoms. The summed E-state index contributed by atoms with van der Waals surface area (Å²) in [6.07, 6.45) is 1.87. The molecule has 3 N–H and O–H groups in total. The molecule has 0 aromatic rings. The van der Waals surface area contributed by atoms with Crippen molar-refractivity contribution >= 4 is 18.2 Å². The van der Waals surface area contributed by atoms with Gasteiger partial charge in [0.25, 0.3) is 0 Å². The third-order valence-corrected chi connectivity index (χ3v) is 2.87. The Morgan fingerprint density at radius 3 is 2.30 bits per heavy atom. The zero-order valence-corrected chi connectivity index (χ0v) is 13.1. The Kier molecular flexibility index (Phi) is 7.87. The normalized spacial score (nSPS) is 12.7. The number of carbonyl (C=O) groups is 3. The molecule has 0 radical (unpaired) electrons. The van der Waals surface area contributed by atoms with E-state index in [9.17, 15) is 14.4 Å². The fourth-order valence-corrected chi connectivity index (χ4v) is 1.63. The highest BCUT2D eigenvalue weighted by Crippen LogP contribution is 2.08. The van der Waals surface area contributed by atoms with Gasteiger partial charge >= 0.3 is 0 Å². The topological polar surface area (TPSA) is 87.3 Å². The van der Waals surface area contributed by atoms with Crippen LogP contribution in [0.3, 0.4) is 0 Å². The standard InChI is InChI=1S/C14H27N3O3/c1-6-7-15-12(19)11(8-10(2)3)17-13(20)14(4,5)16-9-18/h9-11H,6-8H2,1-5H3,(H,15,19)(H,16,18)(H,17,20). The van der Waals surface area contributed by atoms with Crippen molar-refractivity contribution in [3.63, 3.8) is 0 Å². The van der Waals surface area contributed by atoms with Crippen molar-refractivity contribution in [2.75, 3.05) is 6.54 Å². The highest BCUT2D eigenvalue weighted by atomic mass is 16.2. The molecule has 116 valence electrons. The van der Waals surface area contributed by atoms with Gasteiger partial charge in [-0.1, -0.05) is 20.8 Å². The third kappa shape index (κ3) is 6.54. The number of nitrogens with one attached hydrogen (secondary N) is 3. The minimum atomic E-state index is -1.04. The van der Waals surface area contributed by atoms with E-state index < -0.39 is 11.6 Å². The Bertz CT molecular complexity index is 341. The van der Waals surface area contributed by atoms with Gasteiger partial charge in [0.15, 0.2) is 0 Å². The smallest absolute Gasteiger partial charge is 0.245 e. The van der Waals surface area contributed by atoms with Gasteiger partial charge in [-0.25, -0.2) is 0 Å². The SMILES string of the molecule is CCCNC(=O)C(CC(C)C)NC(=O)C(C)(C)NC=O. The zero-order chi connectivity index (χ0) is 15.8. The van der Waals surface area contributed by atoms with Gasteiger partial charge in [0.1, 0.15) is 11.6 Å². The van der Waals surface area contributed by atoms with E-state index >= 15 is 0 Å². The number of amides is 3. The molecule has 0 aliphatic rings. The van der Waals surface area contributed by atoms with Crippen LogP contribution in [-0.4, -0.2) is 36.3 Å². The molecular weight excluding hydrogens is 258 g/mol. The summed E-state index contributed by atoms with van der Waals surface area (Å²) in [5, 5.41) is 7.93. The molecule has 0 bridgehead atoms. The minimum absolute atomic E-state index is 0.184. The van der Waals surface area contributed by atoms with Crippen LogP contribution in [0.25, 0.3) is 0 Å². The van der Waals surface area contributed by atoms with Crippen LogP contribution in [-0.2, 0) is 14.4 Å². The Balaban J connectivity index is 4.75. The molecule has 0 heterocycles. The average Bonchev–Trinajstić information content (AvgIpc) is 2.34. The van der Waals surface area contributed by atoms with E-state index in [0.29, 0.717) is 19.4 Å². The lowest BCUT2D eigenvalue weighted by atomic mass is 10.00. The summed E-state index contributed by atoms with van der Waals surface area (Å²) in [5.74, 6) is -0.285. The van der Waals surface area contributed by atoms with Crippen LogP contribution >= 0.6 is 0 Å². The van der Waals surface area contributed by atoms with Crippen LogP contribution in [0.15, 0.2) is 0 Å². The molecular formula is C14H27N3O3. The van der Waals surface area contributed by atoms with Crippen LogP contribution in [0.2, 0.25) is 0 Å². The van der Waals surface area contributed by atoms with Crippen molar-refractivity contribution < 1.29 is 14.4 Å². The van der Waals surface area contributed by atoms with Crippen molar-refractivity contribution in [3.05, 3.63) is 0 Å². The third-order valence-electron chi connectivity index (χ3n) is 2.87. The number of hydrogen-bond acceptors (Lipinski definition) is 3. The zero-order valence-electron chi connectivity index (χ0n) is 13.1. The van der Waals surface area contributed by atoms with E-state index in [1.54, 1.807) is 13.8 Å². The minimum Gasteiger partial charge on any atom is -0.354 e. The molecule has 0 fully saturated rings. The average molecular weight is 285 g/mol. The molecule has 0 aliphatic carbocycles. The lowest BCUT2D eigenvalue weighted by Crippen LogP contribution is -2.57. The fraction of sp³-hybridized carbons (Fsp3) is 0.786. The fourth-order valence-electron chi connectivity index (χ4n) is 1.63. The molecule has 1 unspecified atom stereocenters. The summed E-state index contributed by atoms with van der Waals surface area (Å²) in [6, 6.07) is -0.582. The first kappa shape index (κ1) is 18.4. The summed E-state index contributed by atoms with van der Waals surface area (Å²) >= 11 is 0. The molecule has 6 nitrogen and oxygen atoms in total. The van der Waals surface area contributed by atoms with Gasteiger partial charge in [0, 0.05) is 6.54 Å². The monoisotopic (exact) mass is 285 g/mol. The molecule has 0 saturated heterocycles. The Morgan fingerprint density at radius 2 is 1.85 bits per heavy atom. The molecule has 0 saturated carbocycles. The number of carbonyl (C=O) groups excluding carboxylic acids is 3. The predicted octanol–water partition coefficient (Wildman–Crippen LogP) is 0.568. The quantitative estimate of drug-likeness (QED) is 0.541. The van der Waals surface area contributed by atoms with E-state index in [-0.39, 0.29) is 17.7 Å². The first-order valence-corrected chi connectivity index (χ1v) is 7.04. The van der Waals surface area contributed by atoms with Crippen LogP contribution in [0.4, 0.5) is 0 Å². The summed E-state index contributed by atoms with van der Waals surface area (Å²) < 4.78 is 0. The van der Waals surface area contributed by atoms with Gasteiger partial charge in [-0.3, -0.25) is 14.4 Å². The van der Waals surface area contributed by atoms with Crippen molar-refractivity contribution in [2.24, 2.45) is 5.92 Å². The second kappa shape index (κ2) is 8.55. The first-order chi connectivity index (χ1) is 9.24. The largest absolute Gasteiger partial charge is 0.354 e. The van der Waals surface area contributed by atoms with Crippen LogP contribution in [0.1, 0.15) is 47.5 Å². The number of rotatable bonds is 9. The van der Waals surface area contributed by atoms with Crippen LogP contribution in [0.5, 0.6) is 0 Å². The van der Waals surface area contributed by atoms with Crippen LogP contribution in [0, 0.1) is 5.92 Å². The molecule has 1 atom stereocenters. The van der Waals surface area contributed by atoms with E-state index in [0.717, 1.165) is 6.42 Å². The summed E-state index contributed by atoms with van der Waals surface area (Å²) in [7, 11) is 0. The Labute approximate surface area is 121 Å². The van der Waals surface area contributed by atoms with Crippen molar-refractivity contribution in [3.8, 4) is 0 Å². The van der Waals surface area contributed by atoms with Gasteiger partial charge in [-0.05, 0) is 32.6 Å². The molecule has 0 aliphatic heterocycles. The second-order valence-electron chi connectivity index (χ2n) is 5.83. The van der Waals surface area contributed by atoms with Gasteiger partial charge in [-0.2, -0.15) is 0 Å². The lowest BCUT2D eigenvalue weighted by Gasteiger charge is -2.27. The van der Waals surface area contributed by atoms with Gasteiger partial charge in [0.05, 0.1) is 0 Å². The molecule has 0 rings (SSSR count). The van der Waals surface area contributed by atoms with E-state index in [1.165, 1.54) is 0 Å². The second-order valence-corrected chi connectivity index (χ2v) is 5.83. The summed E-state index contributed by atoms with van der Waals surface area (Å²) in [6.45, 7) is 9.70. The van der Waals surface area contributed by atoms with Gasteiger partial charge < -0.3 is 16.0 Å². The Hall–Kier alpha value is -1.59. The van der Waals surface area contributed by atoms with E-state index in [1.807, 2.05) is 20.8 Å². The lowest BCUT2D eigenvalue weighted by molar-refractivity contribution is -0.133. The van der Waals surface area contributed by atoms with Crippen molar-refractivity contribution in [2.45, 2.75) is 59.0 Å². The molecule has 0 aromatic carbocycles.